The highest BCUT2D eigenvalue weighted by molar-refractivity contribution is 5.00. The largest absolute Gasteiger partial charge is 0.394 e. The van der Waals surface area contributed by atoms with E-state index in [4.69, 9.17) is 36.1 Å². The fourth-order valence-corrected chi connectivity index (χ4v) is 4.78. The van der Waals surface area contributed by atoms with Crippen molar-refractivity contribution in [2.24, 2.45) is 23.1 Å². The lowest BCUT2D eigenvalue weighted by atomic mass is 9.80. The van der Waals surface area contributed by atoms with E-state index < -0.39 is 98.4 Å². The molecule has 0 amide bonds. The number of aliphatic hydroxyl groups excluding tert-OH is 7. The van der Waals surface area contributed by atoms with Crippen molar-refractivity contribution in [1.82, 2.24) is 0 Å². The number of nitrogens with two attached hydrogens (primary N) is 3. The van der Waals surface area contributed by atoms with Gasteiger partial charge in [0.05, 0.1) is 18.8 Å². The molecule has 0 aromatic heterocycles. The zero-order chi connectivity index (χ0) is 25.5. The molecule has 2 aliphatic heterocycles. The molecule has 5 unspecified atom stereocenters. The summed E-state index contributed by atoms with van der Waals surface area (Å²) in [7, 11) is 0. The van der Waals surface area contributed by atoms with E-state index in [0.717, 1.165) is 0 Å². The lowest BCUT2D eigenvalue weighted by molar-refractivity contribution is -0.319. The van der Waals surface area contributed by atoms with E-state index >= 15 is 0 Å². The van der Waals surface area contributed by atoms with Gasteiger partial charge in [0.25, 0.3) is 0 Å². The molecule has 0 bridgehead atoms. The van der Waals surface area contributed by atoms with Crippen LogP contribution in [0.25, 0.3) is 0 Å². The lowest BCUT2D eigenvalue weighted by Gasteiger charge is -2.48. The summed E-state index contributed by atoms with van der Waals surface area (Å²) in [5.74, 6) is -0.329. The second kappa shape index (κ2) is 11.2. The molecule has 13 N–H and O–H groups in total. The quantitative estimate of drug-likeness (QED) is 0.157. The van der Waals surface area contributed by atoms with Crippen molar-refractivity contribution in [2.75, 3.05) is 6.61 Å². The molecule has 200 valence electrons. The van der Waals surface area contributed by atoms with Crippen molar-refractivity contribution in [1.29, 1.82) is 0 Å². The van der Waals surface area contributed by atoms with Crippen LogP contribution in [-0.4, -0.2) is 134 Å². The fourth-order valence-electron chi connectivity index (χ4n) is 4.78. The first kappa shape index (κ1) is 28.0. The van der Waals surface area contributed by atoms with Crippen LogP contribution in [0.2, 0.25) is 0 Å². The Hall–Kier alpha value is -0.560. The third-order valence-electron chi connectivity index (χ3n) is 6.92. The predicted molar refractivity (Wildman–Crippen MR) is 114 cm³/mol. The number of ether oxygens (including phenoxy) is 4. The minimum absolute atomic E-state index is 0.320. The van der Waals surface area contributed by atoms with Crippen LogP contribution in [0.4, 0.5) is 0 Å². The molecular weight excluding hydrogens is 458 g/mol. The Kier molecular flexibility index (Phi) is 9.25. The molecule has 3 aliphatic rings. The van der Waals surface area contributed by atoms with Crippen LogP contribution in [0.3, 0.4) is 0 Å². The highest BCUT2D eigenvalue weighted by Crippen LogP contribution is 2.35. The van der Waals surface area contributed by atoms with Crippen molar-refractivity contribution >= 4 is 0 Å². The first-order chi connectivity index (χ1) is 15.9. The van der Waals surface area contributed by atoms with Crippen molar-refractivity contribution in [3.05, 3.63) is 0 Å². The zero-order valence-electron chi connectivity index (χ0n) is 19.1. The lowest BCUT2D eigenvalue weighted by Crippen LogP contribution is -2.67. The third kappa shape index (κ3) is 5.40. The van der Waals surface area contributed by atoms with Gasteiger partial charge in [-0.15, -0.1) is 0 Å². The van der Waals surface area contributed by atoms with E-state index in [9.17, 15) is 35.7 Å². The Balaban J connectivity index is 1.80. The Morgan fingerprint density at radius 3 is 1.97 bits per heavy atom. The molecule has 1 saturated carbocycles. The standard InChI is InChI=1S/C20H39N3O11/c1-5-3-7(22)16(32-19-9(23)11(27)12(28)17(33-19)8(25)4-24)18(10(5)26)34-20-14(30)13(29)15(31-20)6(2)21/h5-20,24-30H,3-4,21-23H2,1-2H3/t5-,6+,7?,8-,9+,10?,11?,12+,13-,14?,15-,16-,17?,18-,19+,20+/m1/s1. The minimum Gasteiger partial charge on any atom is -0.394 e. The minimum atomic E-state index is -1.59. The SMILES string of the molecule is C[C@@H]1CC(N)[C@@H](O[C@H]2OC([C@H](O)CO)[C@@H](O)C(O)[C@@H]2N)[C@H](O[C@@H]2O[C@H]([C@H](C)N)[C@H](O)C2O)C1O. The van der Waals surface area contributed by atoms with Gasteiger partial charge >= 0.3 is 0 Å². The summed E-state index contributed by atoms with van der Waals surface area (Å²) in [4.78, 5) is 0. The van der Waals surface area contributed by atoms with E-state index in [-0.39, 0.29) is 5.92 Å². The molecule has 3 fully saturated rings. The summed E-state index contributed by atoms with van der Waals surface area (Å²) < 4.78 is 22.9. The molecule has 1 aliphatic carbocycles. The van der Waals surface area contributed by atoms with Gasteiger partial charge in [0.1, 0.15) is 54.9 Å². The van der Waals surface area contributed by atoms with Crippen LogP contribution in [-0.2, 0) is 18.9 Å². The van der Waals surface area contributed by atoms with Gasteiger partial charge in [-0.1, -0.05) is 6.92 Å². The van der Waals surface area contributed by atoms with E-state index in [1.807, 2.05) is 0 Å². The normalized spacial score (nSPS) is 51.9. The summed E-state index contributed by atoms with van der Waals surface area (Å²) in [6.07, 6.45) is -15.6. The molecule has 14 heteroatoms. The Bertz CT molecular complexity index is 663. The molecule has 34 heavy (non-hydrogen) atoms. The van der Waals surface area contributed by atoms with Crippen LogP contribution in [0.1, 0.15) is 20.3 Å². The van der Waals surface area contributed by atoms with Crippen LogP contribution < -0.4 is 17.2 Å². The average Bonchev–Trinajstić information content (AvgIpc) is 3.07. The van der Waals surface area contributed by atoms with E-state index in [0.29, 0.717) is 6.42 Å². The third-order valence-corrected chi connectivity index (χ3v) is 6.92. The number of aliphatic hydroxyl groups is 7. The van der Waals surface area contributed by atoms with Crippen LogP contribution >= 0.6 is 0 Å². The number of rotatable bonds is 7. The number of hydrogen-bond acceptors (Lipinski definition) is 14. The molecule has 0 aromatic rings. The molecule has 0 aromatic carbocycles. The van der Waals surface area contributed by atoms with Gasteiger partial charge in [-0.2, -0.15) is 0 Å². The van der Waals surface area contributed by atoms with Crippen LogP contribution in [0.15, 0.2) is 0 Å². The Labute approximate surface area is 197 Å². The maximum atomic E-state index is 10.9. The monoisotopic (exact) mass is 497 g/mol. The highest BCUT2D eigenvalue weighted by atomic mass is 16.7. The van der Waals surface area contributed by atoms with Gasteiger partial charge in [-0.05, 0) is 19.3 Å². The second-order valence-electron chi connectivity index (χ2n) is 9.66. The topological polar surface area (TPSA) is 257 Å². The summed E-state index contributed by atoms with van der Waals surface area (Å²) in [5, 5.41) is 71.2. The second-order valence-corrected chi connectivity index (χ2v) is 9.66. The molecule has 2 heterocycles. The molecule has 3 rings (SSSR count). The average molecular weight is 498 g/mol. The van der Waals surface area contributed by atoms with Crippen molar-refractivity contribution in [2.45, 2.75) is 112 Å². The van der Waals surface area contributed by atoms with Gasteiger partial charge < -0.3 is 71.9 Å². The van der Waals surface area contributed by atoms with Gasteiger partial charge in [-0.3, -0.25) is 0 Å². The van der Waals surface area contributed by atoms with Crippen LogP contribution in [0.5, 0.6) is 0 Å². The smallest absolute Gasteiger partial charge is 0.187 e. The molecule has 2 saturated heterocycles. The molecule has 0 spiro atoms. The van der Waals surface area contributed by atoms with Gasteiger partial charge in [0.2, 0.25) is 0 Å². The molecular formula is C20H39N3O11. The van der Waals surface area contributed by atoms with Gasteiger partial charge in [0, 0.05) is 12.1 Å². The van der Waals surface area contributed by atoms with Crippen LogP contribution in [0, 0.1) is 5.92 Å². The van der Waals surface area contributed by atoms with Gasteiger partial charge in [-0.25, -0.2) is 0 Å². The molecule has 0 radical (unpaired) electrons. The summed E-state index contributed by atoms with van der Waals surface area (Å²) in [6, 6.07) is -2.59. The first-order valence-electron chi connectivity index (χ1n) is 11.5. The molecule has 14 nitrogen and oxygen atoms in total. The zero-order valence-corrected chi connectivity index (χ0v) is 19.1. The number of hydrogen-bond donors (Lipinski definition) is 10. The summed E-state index contributed by atoms with van der Waals surface area (Å²) in [5.41, 5.74) is 18.1. The molecule has 16 atom stereocenters. The first-order valence-corrected chi connectivity index (χ1v) is 11.5. The van der Waals surface area contributed by atoms with E-state index in [2.05, 4.69) is 0 Å². The van der Waals surface area contributed by atoms with Gasteiger partial charge in [0.15, 0.2) is 12.6 Å². The Morgan fingerprint density at radius 1 is 0.853 bits per heavy atom. The van der Waals surface area contributed by atoms with Crippen molar-refractivity contribution < 1.29 is 54.7 Å². The Morgan fingerprint density at radius 2 is 1.41 bits per heavy atom. The predicted octanol–water partition coefficient (Wildman–Crippen LogP) is -5.59. The maximum absolute atomic E-state index is 10.9. The highest BCUT2D eigenvalue weighted by Gasteiger charge is 2.53. The van der Waals surface area contributed by atoms with E-state index in [1.165, 1.54) is 0 Å². The summed E-state index contributed by atoms with van der Waals surface area (Å²) >= 11 is 0. The van der Waals surface area contributed by atoms with Crippen molar-refractivity contribution in [3.63, 3.8) is 0 Å². The van der Waals surface area contributed by atoms with Crippen molar-refractivity contribution in [3.8, 4) is 0 Å². The summed E-state index contributed by atoms with van der Waals surface area (Å²) in [6.45, 7) is 2.60. The van der Waals surface area contributed by atoms with E-state index in [1.54, 1.807) is 13.8 Å². The maximum Gasteiger partial charge on any atom is 0.187 e. The fraction of sp³-hybridized carbons (Fsp3) is 1.00.